The first-order valence-electron chi connectivity index (χ1n) is 30.3. The third kappa shape index (κ3) is 58.5. The zero-order chi connectivity index (χ0) is 54.2. The Bertz CT molecular complexity index is 1520. The molecule has 0 fully saturated rings. The summed E-state index contributed by atoms with van der Waals surface area (Å²) in [6.45, 7) is 4.31. The minimum atomic E-state index is -4.39. The standard InChI is InChI=1S/C64H114NO8P/c1-6-8-10-12-14-16-18-20-22-24-26-28-30-31-32-33-35-36-38-40-42-44-46-48-50-52-54-56-63(66)70-60-62(61-72-74(68,69)71-59-58-65(3,4)5)73-64(67)57-55-53-51-49-47-45-43-41-39-37-34-29-27-25-23-21-19-17-15-13-11-9-7-2/h9,11,15,17-18,20-21,23-24,26-27,29,37,39,62H,6-8,10,12-14,16,19,22,25,28,30-36,38,40-61H2,1-5H3/p+1/b11-9-,17-15-,20-18-,23-21-,26-24-,29-27-,39-37-. The molecule has 2 unspecified atom stereocenters. The van der Waals surface area contributed by atoms with Gasteiger partial charge in [-0.25, -0.2) is 4.57 Å². The number of quaternary nitrogens is 1. The van der Waals surface area contributed by atoms with E-state index < -0.39 is 26.5 Å². The second kappa shape index (κ2) is 55.0. The molecule has 0 aliphatic carbocycles. The summed E-state index contributed by atoms with van der Waals surface area (Å²) in [5.41, 5.74) is 0. The highest BCUT2D eigenvalue weighted by Crippen LogP contribution is 2.43. The van der Waals surface area contributed by atoms with Gasteiger partial charge in [-0.3, -0.25) is 18.6 Å². The van der Waals surface area contributed by atoms with Crippen molar-refractivity contribution in [1.29, 1.82) is 0 Å². The van der Waals surface area contributed by atoms with E-state index in [1.54, 1.807) is 0 Å². The second-order valence-corrected chi connectivity index (χ2v) is 22.8. The van der Waals surface area contributed by atoms with E-state index in [1.165, 1.54) is 141 Å². The fourth-order valence-electron chi connectivity index (χ4n) is 8.25. The van der Waals surface area contributed by atoms with Crippen LogP contribution < -0.4 is 0 Å². The molecule has 9 nitrogen and oxygen atoms in total. The number of likely N-dealkylation sites (N-methyl/N-ethyl adjacent to an activating group) is 1. The van der Waals surface area contributed by atoms with Crippen molar-refractivity contribution in [3.05, 3.63) is 85.1 Å². The van der Waals surface area contributed by atoms with Crippen LogP contribution in [0.1, 0.15) is 258 Å². The highest BCUT2D eigenvalue weighted by atomic mass is 31.2. The Kier molecular flexibility index (Phi) is 52.9. The first kappa shape index (κ1) is 71.2. The summed E-state index contributed by atoms with van der Waals surface area (Å²) in [5, 5.41) is 0. The van der Waals surface area contributed by atoms with Crippen LogP contribution in [0.4, 0.5) is 0 Å². The van der Waals surface area contributed by atoms with Gasteiger partial charge in [0.05, 0.1) is 27.7 Å². The maximum Gasteiger partial charge on any atom is 0.472 e. The minimum Gasteiger partial charge on any atom is -0.462 e. The molecule has 0 aromatic rings. The van der Waals surface area contributed by atoms with Crippen molar-refractivity contribution in [2.24, 2.45) is 0 Å². The lowest BCUT2D eigenvalue weighted by molar-refractivity contribution is -0.870. The van der Waals surface area contributed by atoms with Crippen LogP contribution in [-0.4, -0.2) is 74.9 Å². The lowest BCUT2D eigenvalue weighted by atomic mass is 10.0. The second-order valence-electron chi connectivity index (χ2n) is 21.4. The summed E-state index contributed by atoms with van der Waals surface area (Å²) < 4.78 is 34.6. The number of allylic oxidation sites excluding steroid dienone is 14. The number of ether oxygens (including phenoxy) is 2. The van der Waals surface area contributed by atoms with Crippen molar-refractivity contribution >= 4 is 19.8 Å². The van der Waals surface area contributed by atoms with Gasteiger partial charge < -0.3 is 18.9 Å². The number of nitrogens with zero attached hydrogens (tertiary/aromatic N) is 1. The average molecular weight is 1060 g/mol. The molecule has 0 aliphatic heterocycles. The largest absolute Gasteiger partial charge is 0.472 e. The SMILES string of the molecule is CC/C=C\C/C=C\C/C=C\C/C=C\C/C=C\CCCCCCCCCC(=O)OC(COC(=O)CCCCCCCCCCCCCCCCC/C=C\C/C=C\CCCCCCC)COP(=O)(O)OCC[N+](C)(C)C. The van der Waals surface area contributed by atoms with E-state index in [2.05, 4.69) is 98.9 Å². The van der Waals surface area contributed by atoms with Crippen LogP contribution in [0.15, 0.2) is 85.1 Å². The predicted molar refractivity (Wildman–Crippen MR) is 316 cm³/mol. The summed E-state index contributed by atoms with van der Waals surface area (Å²) in [7, 11) is 1.46. The van der Waals surface area contributed by atoms with E-state index in [0.717, 1.165) is 83.5 Å². The Morgan fingerprint density at radius 3 is 1.15 bits per heavy atom. The van der Waals surface area contributed by atoms with Crippen molar-refractivity contribution in [2.45, 2.75) is 264 Å². The Morgan fingerprint density at radius 2 is 0.770 bits per heavy atom. The Balaban J connectivity index is 4.16. The van der Waals surface area contributed by atoms with Crippen LogP contribution in [0.5, 0.6) is 0 Å². The summed E-state index contributed by atoms with van der Waals surface area (Å²) in [5.74, 6) is -0.808. The molecule has 0 bridgehead atoms. The quantitative estimate of drug-likeness (QED) is 0.0211. The lowest BCUT2D eigenvalue weighted by Crippen LogP contribution is -2.37. The minimum absolute atomic E-state index is 0.0260. The van der Waals surface area contributed by atoms with E-state index >= 15 is 0 Å². The van der Waals surface area contributed by atoms with Gasteiger partial charge in [0.1, 0.15) is 19.8 Å². The monoisotopic (exact) mass is 1060 g/mol. The van der Waals surface area contributed by atoms with Gasteiger partial charge in [-0.05, 0) is 89.9 Å². The molecular weight excluding hydrogens is 942 g/mol. The van der Waals surface area contributed by atoms with Crippen LogP contribution in [0.2, 0.25) is 0 Å². The van der Waals surface area contributed by atoms with Gasteiger partial charge in [0.2, 0.25) is 0 Å². The number of unbranched alkanes of at least 4 members (excludes halogenated alkanes) is 27. The van der Waals surface area contributed by atoms with Crippen LogP contribution in [0, 0.1) is 0 Å². The van der Waals surface area contributed by atoms with Crippen molar-refractivity contribution in [1.82, 2.24) is 0 Å². The highest BCUT2D eigenvalue weighted by molar-refractivity contribution is 7.47. The number of hydrogen-bond donors (Lipinski definition) is 1. The number of rotatable bonds is 55. The average Bonchev–Trinajstić information content (AvgIpc) is 3.36. The fraction of sp³-hybridized carbons (Fsp3) is 0.750. The predicted octanol–water partition coefficient (Wildman–Crippen LogP) is 19.0. The third-order valence-electron chi connectivity index (χ3n) is 12.9. The Hall–Kier alpha value is -2.81. The molecule has 0 saturated carbocycles. The number of hydrogen-bond acceptors (Lipinski definition) is 7. The van der Waals surface area contributed by atoms with E-state index in [0.29, 0.717) is 17.4 Å². The van der Waals surface area contributed by atoms with E-state index in [-0.39, 0.29) is 32.0 Å². The third-order valence-corrected chi connectivity index (χ3v) is 13.9. The van der Waals surface area contributed by atoms with Crippen LogP contribution in [0.3, 0.4) is 0 Å². The van der Waals surface area contributed by atoms with Gasteiger partial charge in [-0.2, -0.15) is 0 Å². The summed E-state index contributed by atoms with van der Waals surface area (Å²) >= 11 is 0. The summed E-state index contributed by atoms with van der Waals surface area (Å²) in [6.07, 6.45) is 73.7. The number of esters is 2. The fourth-order valence-corrected chi connectivity index (χ4v) is 8.99. The molecule has 74 heavy (non-hydrogen) atoms. The van der Waals surface area contributed by atoms with Crippen LogP contribution in [-0.2, 0) is 32.7 Å². The zero-order valence-electron chi connectivity index (χ0n) is 48.6. The number of phosphoric acid groups is 1. The number of phosphoric ester groups is 1. The van der Waals surface area contributed by atoms with Gasteiger partial charge in [0.25, 0.3) is 0 Å². The maximum atomic E-state index is 12.8. The molecule has 0 saturated heterocycles. The normalized spacial score (nSPS) is 13.9. The smallest absolute Gasteiger partial charge is 0.462 e. The van der Waals surface area contributed by atoms with Gasteiger partial charge in [0.15, 0.2) is 6.10 Å². The molecule has 0 spiro atoms. The van der Waals surface area contributed by atoms with Gasteiger partial charge in [-0.15, -0.1) is 0 Å². The zero-order valence-corrected chi connectivity index (χ0v) is 49.5. The lowest BCUT2D eigenvalue weighted by Gasteiger charge is -2.24. The number of carbonyl (C=O) groups is 2. The molecule has 428 valence electrons. The van der Waals surface area contributed by atoms with Crippen molar-refractivity contribution < 1.29 is 42.1 Å². The number of carbonyl (C=O) groups excluding carboxylic acids is 2. The van der Waals surface area contributed by atoms with E-state index in [4.69, 9.17) is 18.5 Å². The van der Waals surface area contributed by atoms with E-state index in [9.17, 15) is 19.0 Å². The molecule has 0 aromatic carbocycles. The summed E-state index contributed by atoms with van der Waals surface area (Å²) in [4.78, 5) is 35.7. The Morgan fingerprint density at radius 1 is 0.432 bits per heavy atom. The molecule has 2 atom stereocenters. The Labute approximate surface area is 456 Å². The first-order valence-corrected chi connectivity index (χ1v) is 31.8. The molecular formula is C64H115NO8P+. The van der Waals surface area contributed by atoms with E-state index in [1.807, 2.05) is 21.1 Å². The molecule has 1 N–H and O–H groups in total. The first-order chi connectivity index (χ1) is 36.0. The molecule has 0 aromatic heterocycles. The van der Waals surface area contributed by atoms with Gasteiger partial charge in [0, 0.05) is 12.8 Å². The van der Waals surface area contributed by atoms with Crippen molar-refractivity contribution in [3.8, 4) is 0 Å². The van der Waals surface area contributed by atoms with Gasteiger partial charge >= 0.3 is 19.8 Å². The van der Waals surface area contributed by atoms with Gasteiger partial charge in [-0.1, -0.05) is 240 Å². The molecule has 0 amide bonds. The van der Waals surface area contributed by atoms with Crippen LogP contribution in [0.25, 0.3) is 0 Å². The molecule has 0 rings (SSSR count). The maximum absolute atomic E-state index is 12.8. The molecule has 10 heteroatoms. The topological polar surface area (TPSA) is 108 Å². The highest BCUT2D eigenvalue weighted by Gasteiger charge is 2.27. The van der Waals surface area contributed by atoms with Crippen LogP contribution >= 0.6 is 7.82 Å². The van der Waals surface area contributed by atoms with Crippen molar-refractivity contribution in [3.63, 3.8) is 0 Å². The summed E-state index contributed by atoms with van der Waals surface area (Å²) in [6, 6.07) is 0. The van der Waals surface area contributed by atoms with Crippen molar-refractivity contribution in [2.75, 3.05) is 47.5 Å². The molecule has 0 aliphatic rings. The molecule has 0 heterocycles. The molecule has 0 radical (unpaired) electrons.